The molecule has 0 radical (unpaired) electrons. The number of piperidine rings is 1. The Bertz CT molecular complexity index is 505. The second-order valence-corrected chi connectivity index (χ2v) is 6.37. The molecule has 1 aromatic heterocycles. The van der Waals surface area contributed by atoms with E-state index < -0.39 is 0 Å². The fraction of sp³-hybridized carbons (Fsp3) is 0.647. The molecule has 2 aliphatic heterocycles. The second-order valence-electron chi connectivity index (χ2n) is 6.37. The molecule has 0 aliphatic carbocycles. The molecule has 120 valence electrons. The molecule has 2 aliphatic rings. The maximum Gasteiger partial charge on any atom is 0.151 e. The van der Waals surface area contributed by atoms with E-state index in [1.54, 1.807) is 6.08 Å². The zero-order valence-corrected chi connectivity index (χ0v) is 13.3. The number of ether oxygens (including phenoxy) is 2. The van der Waals surface area contributed by atoms with Crippen molar-refractivity contribution in [3.63, 3.8) is 0 Å². The highest BCUT2D eigenvalue weighted by Gasteiger charge is 2.46. The van der Waals surface area contributed by atoms with Gasteiger partial charge in [0.25, 0.3) is 0 Å². The Morgan fingerprint density at radius 2 is 2.41 bits per heavy atom. The third-order valence-corrected chi connectivity index (χ3v) is 4.72. The van der Waals surface area contributed by atoms with Gasteiger partial charge in [-0.3, -0.25) is 0 Å². The SMILES string of the molecule is C=CCOC[C@@]12CCCO[C@@H]1CCN(c1ccc(C)nn1)C2. The molecule has 2 atom stereocenters. The van der Waals surface area contributed by atoms with Crippen LogP contribution in [0.2, 0.25) is 0 Å². The Labute approximate surface area is 132 Å². The number of anilines is 1. The van der Waals surface area contributed by atoms with Crippen LogP contribution < -0.4 is 4.90 Å². The van der Waals surface area contributed by atoms with Crippen molar-refractivity contribution in [1.29, 1.82) is 0 Å². The summed E-state index contributed by atoms with van der Waals surface area (Å²) in [4.78, 5) is 2.33. The summed E-state index contributed by atoms with van der Waals surface area (Å²) in [6.45, 7) is 9.77. The third kappa shape index (κ3) is 3.15. The topological polar surface area (TPSA) is 47.5 Å². The van der Waals surface area contributed by atoms with Crippen LogP contribution >= 0.6 is 0 Å². The Hall–Kier alpha value is -1.46. The van der Waals surface area contributed by atoms with Crippen molar-refractivity contribution in [3.8, 4) is 0 Å². The highest BCUT2D eigenvalue weighted by molar-refractivity contribution is 5.39. The lowest BCUT2D eigenvalue weighted by Gasteiger charge is -2.50. The molecule has 0 N–H and O–H groups in total. The first-order valence-corrected chi connectivity index (χ1v) is 8.09. The maximum absolute atomic E-state index is 6.05. The summed E-state index contributed by atoms with van der Waals surface area (Å²) in [5.74, 6) is 0.956. The van der Waals surface area contributed by atoms with Gasteiger partial charge in [-0.2, -0.15) is 5.10 Å². The van der Waals surface area contributed by atoms with Gasteiger partial charge in [0.2, 0.25) is 0 Å². The van der Waals surface area contributed by atoms with Crippen molar-refractivity contribution in [2.24, 2.45) is 5.41 Å². The lowest BCUT2D eigenvalue weighted by molar-refractivity contribution is -0.123. The Morgan fingerprint density at radius 1 is 1.50 bits per heavy atom. The van der Waals surface area contributed by atoms with Crippen LogP contribution in [0.15, 0.2) is 24.8 Å². The third-order valence-electron chi connectivity index (χ3n) is 4.72. The van der Waals surface area contributed by atoms with E-state index in [2.05, 4.69) is 27.7 Å². The lowest BCUT2D eigenvalue weighted by atomic mass is 9.73. The first kappa shape index (κ1) is 15.4. The molecule has 3 rings (SSSR count). The molecule has 5 heteroatoms. The number of aromatic nitrogens is 2. The van der Waals surface area contributed by atoms with Crippen molar-refractivity contribution < 1.29 is 9.47 Å². The predicted molar refractivity (Wildman–Crippen MR) is 86.0 cm³/mol. The summed E-state index contributed by atoms with van der Waals surface area (Å²) in [5.41, 5.74) is 1.01. The molecule has 2 fully saturated rings. The first-order valence-electron chi connectivity index (χ1n) is 8.09. The molecular weight excluding hydrogens is 278 g/mol. The summed E-state index contributed by atoms with van der Waals surface area (Å²) < 4.78 is 11.9. The fourth-order valence-electron chi connectivity index (χ4n) is 3.60. The molecule has 0 amide bonds. The van der Waals surface area contributed by atoms with Gasteiger partial charge in [0.05, 0.1) is 25.0 Å². The van der Waals surface area contributed by atoms with E-state index in [1.165, 1.54) is 0 Å². The normalized spacial score (nSPS) is 28.2. The van der Waals surface area contributed by atoms with Gasteiger partial charge in [-0.15, -0.1) is 11.7 Å². The Balaban J connectivity index is 1.76. The van der Waals surface area contributed by atoms with E-state index in [1.807, 2.05) is 13.0 Å². The lowest BCUT2D eigenvalue weighted by Crippen LogP contribution is -2.57. The van der Waals surface area contributed by atoms with Crippen LogP contribution in [0.5, 0.6) is 0 Å². The van der Waals surface area contributed by atoms with E-state index in [0.717, 1.165) is 57.1 Å². The van der Waals surface area contributed by atoms with Crippen molar-refractivity contribution in [2.45, 2.75) is 32.3 Å². The quantitative estimate of drug-likeness (QED) is 0.617. The number of hydrogen-bond donors (Lipinski definition) is 0. The standard InChI is InChI=1S/C17H25N3O2/c1-3-10-21-13-17-8-4-11-22-15(17)7-9-20(12-17)16-6-5-14(2)18-19-16/h3,5-6,15H,1,4,7-13H2,2H3/t15-,17+/m1/s1. The molecule has 5 nitrogen and oxygen atoms in total. The largest absolute Gasteiger partial charge is 0.377 e. The average Bonchev–Trinajstić information content (AvgIpc) is 2.55. The van der Waals surface area contributed by atoms with Crippen LogP contribution in [0, 0.1) is 12.3 Å². The monoisotopic (exact) mass is 303 g/mol. The zero-order chi connectivity index (χ0) is 15.4. The summed E-state index contributed by atoms with van der Waals surface area (Å²) in [7, 11) is 0. The molecular formula is C17H25N3O2. The minimum absolute atomic E-state index is 0.0616. The number of rotatable bonds is 5. The van der Waals surface area contributed by atoms with Crippen LogP contribution in [0.4, 0.5) is 5.82 Å². The van der Waals surface area contributed by atoms with Gasteiger partial charge in [-0.25, -0.2) is 0 Å². The van der Waals surface area contributed by atoms with Gasteiger partial charge in [0.1, 0.15) is 0 Å². The van der Waals surface area contributed by atoms with Gasteiger partial charge < -0.3 is 14.4 Å². The second kappa shape index (κ2) is 6.75. The predicted octanol–water partition coefficient (Wildman–Crippen LogP) is 2.36. The molecule has 3 heterocycles. The van der Waals surface area contributed by atoms with Gasteiger partial charge in [-0.05, 0) is 38.3 Å². The number of aryl methyl sites for hydroxylation is 1. The van der Waals surface area contributed by atoms with Crippen molar-refractivity contribution in [1.82, 2.24) is 10.2 Å². The number of hydrogen-bond acceptors (Lipinski definition) is 5. The minimum Gasteiger partial charge on any atom is -0.377 e. The van der Waals surface area contributed by atoms with Gasteiger partial charge in [0, 0.05) is 25.1 Å². The highest BCUT2D eigenvalue weighted by atomic mass is 16.5. The van der Waals surface area contributed by atoms with Gasteiger partial charge in [0.15, 0.2) is 5.82 Å². The maximum atomic E-state index is 6.05. The Kier molecular flexibility index (Phi) is 4.74. The van der Waals surface area contributed by atoms with Crippen molar-refractivity contribution in [3.05, 3.63) is 30.5 Å². The number of nitrogens with zero attached hydrogens (tertiary/aromatic N) is 3. The summed E-state index contributed by atoms with van der Waals surface area (Å²) in [5, 5.41) is 8.53. The molecule has 0 spiro atoms. The molecule has 0 unspecified atom stereocenters. The molecule has 1 aromatic rings. The van der Waals surface area contributed by atoms with Crippen LogP contribution in [0.1, 0.15) is 25.0 Å². The van der Waals surface area contributed by atoms with Crippen molar-refractivity contribution in [2.75, 3.05) is 37.8 Å². The smallest absolute Gasteiger partial charge is 0.151 e. The van der Waals surface area contributed by atoms with E-state index in [-0.39, 0.29) is 5.41 Å². The number of fused-ring (bicyclic) bond motifs is 1. The molecule has 2 saturated heterocycles. The van der Waals surface area contributed by atoms with Crippen molar-refractivity contribution >= 4 is 5.82 Å². The highest BCUT2D eigenvalue weighted by Crippen LogP contribution is 2.41. The molecule has 0 aromatic carbocycles. The van der Waals surface area contributed by atoms with Gasteiger partial charge >= 0.3 is 0 Å². The van der Waals surface area contributed by atoms with Crippen LogP contribution in [0.25, 0.3) is 0 Å². The zero-order valence-electron chi connectivity index (χ0n) is 13.3. The van der Waals surface area contributed by atoms with Crippen LogP contribution in [0.3, 0.4) is 0 Å². The van der Waals surface area contributed by atoms with E-state index in [9.17, 15) is 0 Å². The van der Waals surface area contributed by atoms with E-state index in [0.29, 0.717) is 12.7 Å². The van der Waals surface area contributed by atoms with E-state index in [4.69, 9.17) is 9.47 Å². The van der Waals surface area contributed by atoms with Crippen LogP contribution in [-0.2, 0) is 9.47 Å². The average molecular weight is 303 g/mol. The fourth-order valence-corrected chi connectivity index (χ4v) is 3.60. The molecule has 22 heavy (non-hydrogen) atoms. The molecule has 0 bridgehead atoms. The van der Waals surface area contributed by atoms with Crippen LogP contribution in [-0.4, -0.2) is 49.2 Å². The summed E-state index contributed by atoms with van der Waals surface area (Å²) >= 11 is 0. The minimum atomic E-state index is 0.0616. The summed E-state index contributed by atoms with van der Waals surface area (Å²) in [6.07, 6.45) is 5.36. The Morgan fingerprint density at radius 3 is 3.18 bits per heavy atom. The first-order chi connectivity index (χ1) is 10.7. The van der Waals surface area contributed by atoms with E-state index >= 15 is 0 Å². The summed E-state index contributed by atoms with van der Waals surface area (Å²) in [6, 6.07) is 4.08. The molecule has 0 saturated carbocycles. The van der Waals surface area contributed by atoms with Gasteiger partial charge in [-0.1, -0.05) is 6.08 Å².